The number of rotatable bonds is 5. The molecule has 2 fully saturated rings. The number of amides is 2. The first-order valence-electron chi connectivity index (χ1n) is 9.13. The smallest absolute Gasteiger partial charge is 0.253 e. The van der Waals surface area contributed by atoms with Crippen LogP contribution >= 0.6 is 0 Å². The van der Waals surface area contributed by atoms with Gasteiger partial charge in [0.2, 0.25) is 5.91 Å². The van der Waals surface area contributed by atoms with E-state index in [2.05, 4.69) is 10.3 Å². The number of piperidine rings is 1. The van der Waals surface area contributed by atoms with Crippen LogP contribution in [0.25, 0.3) is 6.08 Å². The van der Waals surface area contributed by atoms with Crippen LogP contribution in [0.2, 0.25) is 0 Å². The molecule has 2 amide bonds. The van der Waals surface area contributed by atoms with Crippen molar-refractivity contribution in [1.29, 1.82) is 0 Å². The van der Waals surface area contributed by atoms with Crippen LogP contribution in [0.3, 0.4) is 0 Å². The van der Waals surface area contributed by atoms with Crippen LogP contribution in [0.4, 0.5) is 5.82 Å². The van der Waals surface area contributed by atoms with E-state index in [4.69, 9.17) is 5.73 Å². The summed E-state index contributed by atoms with van der Waals surface area (Å²) in [5.74, 6) is 1.92. The van der Waals surface area contributed by atoms with Gasteiger partial charge in [-0.1, -0.05) is 18.2 Å². The zero-order valence-corrected chi connectivity index (χ0v) is 14.9. The number of nitrogens with one attached hydrogen (secondary N) is 1. The van der Waals surface area contributed by atoms with Crippen LogP contribution in [0.5, 0.6) is 0 Å². The van der Waals surface area contributed by atoms with Gasteiger partial charge in [0, 0.05) is 37.5 Å². The van der Waals surface area contributed by atoms with Crippen LogP contribution < -0.4 is 11.1 Å². The molecule has 2 aliphatic rings. The maximum atomic E-state index is 12.5. The molecule has 27 heavy (non-hydrogen) atoms. The molecular weight excluding hydrogens is 340 g/mol. The summed E-state index contributed by atoms with van der Waals surface area (Å²) in [6, 6.07) is 12.9. The summed E-state index contributed by atoms with van der Waals surface area (Å²) in [6.45, 7) is 2.23. The number of pyridine rings is 1. The number of likely N-dealkylation sites (tertiary alicyclic amines) is 1. The Morgan fingerprint density at radius 1 is 1.15 bits per heavy atom. The van der Waals surface area contributed by atoms with E-state index in [1.165, 1.54) is 6.08 Å². The molecule has 4 rings (SSSR count). The van der Waals surface area contributed by atoms with Crippen molar-refractivity contribution in [2.24, 2.45) is 17.8 Å². The third-order valence-electron chi connectivity index (χ3n) is 5.43. The van der Waals surface area contributed by atoms with Gasteiger partial charge in [0.15, 0.2) is 0 Å². The number of nitrogens with two attached hydrogens (primary N) is 1. The highest BCUT2D eigenvalue weighted by Gasteiger charge is 2.56. The Labute approximate surface area is 158 Å². The molecule has 3 N–H and O–H groups in total. The van der Waals surface area contributed by atoms with Crippen LogP contribution in [0, 0.1) is 17.8 Å². The molecule has 1 saturated carbocycles. The van der Waals surface area contributed by atoms with Gasteiger partial charge < -0.3 is 16.0 Å². The van der Waals surface area contributed by atoms with Crippen molar-refractivity contribution in [1.82, 2.24) is 15.2 Å². The lowest BCUT2D eigenvalue weighted by atomic mass is 10.2. The summed E-state index contributed by atoms with van der Waals surface area (Å²) in [4.78, 5) is 30.4. The summed E-state index contributed by atoms with van der Waals surface area (Å²) in [7, 11) is 0. The van der Waals surface area contributed by atoms with Gasteiger partial charge in [-0.15, -0.1) is 0 Å². The van der Waals surface area contributed by atoms with Crippen molar-refractivity contribution in [3.63, 3.8) is 0 Å². The van der Waals surface area contributed by atoms with Crippen molar-refractivity contribution in [3.8, 4) is 0 Å². The highest BCUT2D eigenvalue weighted by molar-refractivity contribution is 5.94. The van der Waals surface area contributed by atoms with E-state index < -0.39 is 0 Å². The summed E-state index contributed by atoms with van der Waals surface area (Å²) in [6.07, 6.45) is 4.86. The molecular formula is C21H22N4O2. The number of benzene rings is 1. The summed E-state index contributed by atoms with van der Waals surface area (Å²) in [5, 5.41) is 2.96. The van der Waals surface area contributed by atoms with E-state index >= 15 is 0 Å². The maximum absolute atomic E-state index is 12.5. The predicted octanol–water partition coefficient (Wildman–Crippen LogP) is 1.81. The van der Waals surface area contributed by atoms with Crippen LogP contribution in [0.15, 0.2) is 54.7 Å². The molecule has 1 aromatic carbocycles. The zero-order chi connectivity index (χ0) is 18.8. The molecule has 138 valence electrons. The number of fused-ring (bicyclic) bond motifs is 1. The topological polar surface area (TPSA) is 88.3 Å². The zero-order valence-electron chi connectivity index (χ0n) is 14.9. The molecule has 1 aliphatic carbocycles. The van der Waals surface area contributed by atoms with Crippen molar-refractivity contribution >= 4 is 23.7 Å². The van der Waals surface area contributed by atoms with Gasteiger partial charge in [0.25, 0.3) is 5.91 Å². The molecule has 6 heteroatoms. The predicted molar refractivity (Wildman–Crippen MR) is 104 cm³/mol. The molecule has 1 aliphatic heterocycles. The lowest BCUT2D eigenvalue weighted by molar-refractivity contribution is -0.116. The number of carbonyl (C=O) groups excluding carboxylic acids is 2. The van der Waals surface area contributed by atoms with E-state index in [-0.39, 0.29) is 11.8 Å². The molecule has 2 aromatic rings. The third-order valence-corrected chi connectivity index (χ3v) is 5.43. The van der Waals surface area contributed by atoms with E-state index in [1.807, 2.05) is 41.3 Å². The summed E-state index contributed by atoms with van der Waals surface area (Å²) >= 11 is 0. The first kappa shape index (κ1) is 17.3. The van der Waals surface area contributed by atoms with Crippen molar-refractivity contribution in [3.05, 3.63) is 65.9 Å². The number of nitrogen functional groups attached to an aromatic ring is 1. The number of anilines is 1. The quantitative estimate of drug-likeness (QED) is 0.794. The molecule has 1 saturated heterocycles. The van der Waals surface area contributed by atoms with Gasteiger partial charge >= 0.3 is 0 Å². The average Bonchev–Trinajstić information content (AvgIpc) is 3.15. The lowest BCUT2D eigenvalue weighted by Crippen LogP contribution is -2.33. The Morgan fingerprint density at radius 2 is 1.89 bits per heavy atom. The highest BCUT2D eigenvalue weighted by Crippen LogP contribution is 2.51. The van der Waals surface area contributed by atoms with Gasteiger partial charge in [-0.05, 0) is 53.7 Å². The Balaban J connectivity index is 1.22. The Morgan fingerprint density at radius 3 is 2.56 bits per heavy atom. The second-order valence-corrected chi connectivity index (χ2v) is 7.16. The molecule has 6 nitrogen and oxygen atoms in total. The number of hydrogen-bond donors (Lipinski definition) is 2. The molecule has 2 heterocycles. The first-order valence-corrected chi connectivity index (χ1v) is 9.13. The summed E-state index contributed by atoms with van der Waals surface area (Å²) in [5.41, 5.74) is 7.11. The Hall–Kier alpha value is -3.15. The van der Waals surface area contributed by atoms with Gasteiger partial charge in [0.05, 0.1) is 0 Å². The highest BCUT2D eigenvalue weighted by atomic mass is 16.2. The molecule has 0 radical (unpaired) electrons. The Kier molecular flexibility index (Phi) is 4.62. The van der Waals surface area contributed by atoms with Crippen molar-refractivity contribution in [2.75, 3.05) is 25.4 Å². The largest absolute Gasteiger partial charge is 0.384 e. The van der Waals surface area contributed by atoms with Crippen LogP contribution in [-0.4, -0.2) is 41.3 Å². The minimum atomic E-state index is -0.117. The van der Waals surface area contributed by atoms with E-state index in [0.29, 0.717) is 30.1 Å². The Bertz CT molecular complexity index is 852. The van der Waals surface area contributed by atoms with E-state index in [1.54, 1.807) is 18.3 Å². The lowest BCUT2D eigenvalue weighted by Gasteiger charge is -2.20. The standard InChI is InChI=1S/C21H22N4O2/c22-19-8-6-14(10-23-19)7-9-20(26)24-11-16-17-12-25(13-18(16)17)21(27)15-4-2-1-3-5-15/h1-10,16-18H,11-13H2,(H2,22,23)(H,24,26)/b9-7+. The second-order valence-electron chi connectivity index (χ2n) is 7.16. The third kappa shape index (κ3) is 3.84. The fraction of sp³-hybridized carbons (Fsp3) is 0.286. The van der Waals surface area contributed by atoms with E-state index in [9.17, 15) is 9.59 Å². The molecule has 2 unspecified atom stereocenters. The van der Waals surface area contributed by atoms with Gasteiger partial charge in [0.1, 0.15) is 5.82 Å². The number of hydrogen-bond acceptors (Lipinski definition) is 4. The number of nitrogens with zero attached hydrogens (tertiary/aromatic N) is 2. The fourth-order valence-electron chi connectivity index (χ4n) is 3.85. The van der Waals surface area contributed by atoms with Gasteiger partial charge in [-0.25, -0.2) is 4.98 Å². The van der Waals surface area contributed by atoms with E-state index in [0.717, 1.165) is 24.2 Å². The summed E-state index contributed by atoms with van der Waals surface area (Å²) < 4.78 is 0. The molecule has 0 bridgehead atoms. The molecule has 1 aromatic heterocycles. The molecule has 2 atom stereocenters. The minimum Gasteiger partial charge on any atom is -0.384 e. The van der Waals surface area contributed by atoms with Crippen molar-refractivity contribution < 1.29 is 9.59 Å². The monoisotopic (exact) mass is 362 g/mol. The average molecular weight is 362 g/mol. The molecule has 0 spiro atoms. The van der Waals surface area contributed by atoms with Crippen molar-refractivity contribution in [2.45, 2.75) is 0 Å². The second kappa shape index (κ2) is 7.23. The van der Waals surface area contributed by atoms with Gasteiger partial charge in [-0.3, -0.25) is 9.59 Å². The minimum absolute atomic E-state index is 0.102. The number of carbonyl (C=O) groups is 2. The van der Waals surface area contributed by atoms with Crippen LogP contribution in [-0.2, 0) is 4.79 Å². The fourth-order valence-corrected chi connectivity index (χ4v) is 3.85. The first-order chi connectivity index (χ1) is 13.1. The van der Waals surface area contributed by atoms with Crippen LogP contribution in [0.1, 0.15) is 15.9 Å². The number of aromatic nitrogens is 1. The SMILES string of the molecule is Nc1ccc(/C=C/C(=O)NCC2C3CN(C(=O)c4ccccc4)CC23)cn1. The van der Waals surface area contributed by atoms with Gasteiger partial charge in [-0.2, -0.15) is 0 Å². The normalized spacial score (nSPS) is 23.3. The maximum Gasteiger partial charge on any atom is 0.253 e.